The Labute approximate surface area is 206 Å². The summed E-state index contributed by atoms with van der Waals surface area (Å²) in [6, 6.07) is 10.9. The molecule has 1 saturated heterocycles. The van der Waals surface area contributed by atoms with Crippen LogP contribution in [-0.2, 0) is 9.59 Å². The summed E-state index contributed by atoms with van der Waals surface area (Å²) in [6.45, 7) is 0. The molecular formula is C22H17N3O6S3. The van der Waals surface area contributed by atoms with E-state index in [0.29, 0.717) is 21.1 Å². The molecule has 5 rings (SSSR count). The third-order valence-electron chi connectivity index (χ3n) is 5.91. The predicted octanol–water partition coefficient (Wildman–Crippen LogP) is 4.53. The first-order valence-electron chi connectivity index (χ1n) is 10.1. The SMILES string of the molecule is COc1ccc(C2c3sc(=S)[nH]c3SC3C(=O)N(c4ccc([N+](=O)[O-])cc4)C(=O)C32)cc1OC. The van der Waals surface area contributed by atoms with Crippen LogP contribution in [0.15, 0.2) is 47.5 Å². The van der Waals surface area contributed by atoms with Crippen molar-refractivity contribution in [3.8, 4) is 11.5 Å². The van der Waals surface area contributed by atoms with Crippen LogP contribution in [0.3, 0.4) is 0 Å². The van der Waals surface area contributed by atoms with Gasteiger partial charge >= 0.3 is 0 Å². The van der Waals surface area contributed by atoms with Crippen LogP contribution in [0.2, 0.25) is 0 Å². The maximum Gasteiger partial charge on any atom is 0.269 e. The third-order valence-corrected chi connectivity index (χ3v) is 8.66. The zero-order valence-electron chi connectivity index (χ0n) is 17.8. The number of benzene rings is 2. The Kier molecular flexibility index (Phi) is 5.66. The molecule has 9 nitrogen and oxygen atoms in total. The van der Waals surface area contributed by atoms with E-state index in [-0.39, 0.29) is 17.5 Å². The molecule has 3 unspecified atom stereocenters. The van der Waals surface area contributed by atoms with E-state index in [1.165, 1.54) is 54.5 Å². The van der Waals surface area contributed by atoms with Crippen LogP contribution < -0.4 is 14.4 Å². The van der Waals surface area contributed by atoms with E-state index < -0.39 is 22.0 Å². The number of thioether (sulfide) groups is 1. The van der Waals surface area contributed by atoms with Crippen LogP contribution in [0.1, 0.15) is 16.4 Å². The number of methoxy groups -OCH3 is 2. The highest BCUT2D eigenvalue weighted by Crippen LogP contribution is 2.54. The summed E-state index contributed by atoms with van der Waals surface area (Å²) in [7, 11) is 3.08. The van der Waals surface area contributed by atoms with Crippen LogP contribution in [-0.4, -0.2) is 41.2 Å². The smallest absolute Gasteiger partial charge is 0.269 e. The van der Waals surface area contributed by atoms with Gasteiger partial charge in [-0.2, -0.15) is 0 Å². The van der Waals surface area contributed by atoms with Gasteiger partial charge in [0, 0.05) is 22.9 Å². The van der Waals surface area contributed by atoms with Gasteiger partial charge in [0.15, 0.2) is 15.5 Å². The number of nitro benzene ring substituents is 1. The number of non-ortho nitro benzene ring substituents is 1. The number of nitrogens with one attached hydrogen (secondary N) is 1. The van der Waals surface area contributed by atoms with Crippen molar-refractivity contribution in [2.45, 2.75) is 16.2 Å². The number of nitro groups is 1. The van der Waals surface area contributed by atoms with Gasteiger partial charge < -0.3 is 14.5 Å². The largest absolute Gasteiger partial charge is 0.493 e. The Morgan fingerprint density at radius 1 is 1.06 bits per heavy atom. The molecule has 1 fully saturated rings. The summed E-state index contributed by atoms with van der Waals surface area (Å²) in [5.74, 6) is -0.773. The molecule has 1 N–H and O–H groups in total. The molecule has 2 aliphatic rings. The number of rotatable bonds is 5. The minimum absolute atomic E-state index is 0.118. The summed E-state index contributed by atoms with van der Waals surface area (Å²) in [5.41, 5.74) is 0.983. The van der Waals surface area contributed by atoms with Crippen molar-refractivity contribution in [1.29, 1.82) is 0 Å². The van der Waals surface area contributed by atoms with Crippen molar-refractivity contribution >= 4 is 58.5 Å². The quantitative estimate of drug-likeness (QED) is 0.228. The van der Waals surface area contributed by atoms with Crippen molar-refractivity contribution in [3.05, 3.63) is 67.0 Å². The zero-order valence-corrected chi connectivity index (χ0v) is 20.3. The van der Waals surface area contributed by atoms with E-state index >= 15 is 0 Å². The number of fused-ring (bicyclic) bond motifs is 2. The van der Waals surface area contributed by atoms with E-state index in [1.54, 1.807) is 13.2 Å². The molecule has 0 spiro atoms. The lowest BCUT2D eigenvalue weighted by Crippen LogP contribution is -2.32. The normalized spacial score (nSPS) is 21.2. The lowest BCUT2D eigenvalue weighted by Gasteiger charge is -2.30. The number of imide groups is 1. The van der Waals surface area contributed by atoms with Crippen LogP contribution in [0, 0.1) is 20.0 Å². The molecule has 2 amide bonds. The molecule has 3 atom stereocenters. The molecular weight excluding hydrogens is 498 g/mol. The second-order valence-electron chi connectivity index (χ2n) is 7.65. The van der Waals surface area contributed by atoms with Crippen molar-refractivity contribution in [1.82, 2.24) is 4.98 Å². The van der Waals surface area contributed by atoms with Gasteiger partial charge in [-0.1, -0.05) is 17.8 Å². The second kappa shape index (κ2) is 8.53. The summed E-state index contributed by atoms with van der Waals surface area (Å²) >= 11 is 8.04. The van der Waals surface area contributed by atoms with Gasteiger partial charge in [-0.05, 0) is 42.0 Å². The maximum atomic E-state index is 13.7. The monoisotopic (exact) mass is 515 g/mol. The fourth-order valence-electron chi connectivity index (χ4n) is 4.40. The summed E-state index contributed by atoms with van der Waals surface area (Å²) in [5, 5.41) is 11.1. The number of ether oxygens (including phenoxy) is 2. The molecule has 34 heavy (non-hydrogen) atoms. The third kappa shape index (κ3) is 3.49. The van der Waals surface area contributed by atoms with E-state index in [9.17, 15) is 19.7 Å². The summed E-state index contributed by atoms with van der Waals surface area (Å²) in [6.07, 6.45) is 0. The van der Waals surface area contributed by atoms with Crippen molar-refractivity contribution in [2.75, 3.05) is 19.1 Å². The zero-order chi connectivity index (χ0) is 24.1. The van der Waals surface area contributed by atoms with E-state index in [2.05, 4.69) is 4.98 Å². The number of hydrogen-bond acceptors (Lipinski definition) is 9. The fourth-order valence-corrected chi connectivity index (χ4v) is 7.36. The number of thiazole rings is 1. The molecule has 2 aromatic carbocycles. The van der Waals surface area contributed by atoms with Gasteiger partial charge in [-0.25, -0.2) is 4.90 Å². The highest BCUT2D eigenvalue weighted by molar-refractivity contribution is 8.01. The molecule has 0 radical (unpaired) electrons. The first kappa shape index (κ1) is 22.6. The van der Waals surface area contributed by atoms with E-state index in [1.807, 2.05) is 12.1 Å². The number of aromatic nitrogens is 1. The number of carbonyl (C=O) groups excluding carboxylic acids is 2. The minimum Gasteiger partial charge on any atom is -0.493 e. The second-order valence-corrected chi connectivity index (χ2v) is 10.5. The highest BCUT2D eigenvalue weighted by Gasteiger charge is 2.56. The van der Waals surface area contributed by atoms with Gasteiger partial charge in [0.05, 0.1) is 35.8 Å². The molecule has 12 heteroatoms. The lowest BCUT2D eigenvalue weighted by atomic mass is 9.83. The van der Waals surface area contributed by atoms with Crippen molar-refractivity contribution in [3.63, 3.8) is 0 Å². The topological polar surface area (TPSA) is 115 Å². The number of nitrogens with zero attached hydrogens (tertiary/aromatic N) is 2. The Bertz CT molecular complexity index is 1380. The fraction of sp³-hybridized carbons (Fsp3) is 0.227. The summed E-state index contributed by atoms with van der Waals surface area (Å²) in [4.78, 5) is 42.8. The minimum atomic E-state index is -0.681. The van der Waals surface area contributed by atoms with Gasteiger partial charge in [0.2, 0.25) is 11.8 Å². The van der Waals surface area contributed by atoms with Crippen LogP contribution >= 0.6 is 35.3 Å². The van der Waals surface area contributed by atoms with Crippen molar-refractivity contribution < 1.29 is 24.0 Å². The Hall–Kier alpha value is -3.22. The van der Waals surface area contributed by atoms with Gasteiger partial charge in [-0.15, -0.1) is 11.3 Å². The molecule has 0 bridgehead atoms. The average Bonchev–Trinajstić information content (AvgIpc) is 3.33. The molecule has 3 aromatic rings. The van der Waals surface area contributed by atoms with Gasteiger partial charge in [0.25, 0.3) is 5.69 Å². The van der Waals surface area contributed by atoms with Crippen molar-refractivity contribution in [2.24, 2.45) is 5.92 Å². The van der Waals surface area contributed by atoms with Gasteiger partial charge in [0.1, 0.15) is 5.25 Å². The molecule has 0 aliphatic carbocycles. The number of hydrogen-bond donors (Lipinski definition) is 1. The lowest BCUT2D eigenvalue weighted by molar-refractivity contribution is -0.384. The van der Waals surface area contributed by atoms with Gasteiger partial charge in [-0.3, -0.25) is 19.7 Å². The first-order valence-corrected chi connectivity index (χ1v) is 12.2. The molecule has 2 aliphatic heterocycles. The highest BCUT2D eigenvalue weighted by atomic mass is 32.2. The van der Waals surface area contributed by atoms with Crippen LogP contribution in [0.5, 0.6) is 11.5 Å². The Morgan fingerprint density at radius 2 is 1.76 bits per heavy atom. The Morgan fingerprint density at radius 3 is 2.41 bits per heavy atom. The molecule has 1 aromatic heterocycles. The predicted molar refractivity (Wildman–Crippen MR) is 130 cm³/mol. The number of anilines is 1. The Balaban J connectivity index is 1.62. The molecule has 0 saturated carbocycles. The molecule has 3 heterocycles. The number of amides is 2. The van der Waals surface area contributed by atoms with E-state index in [4.69, 9.17) is 21.7 Å². The maximum absolute atomic E-state index is 13.7. The standard InChI is InChI=1S/C22H17N3O6S3/c1-30-13-8-3-10(9-14(13)31-2)15-16-18(33-19-17(15)34-22(32)23-19)21(27)24(20(16)26)11-4-6-12(7-5-11)25(28)29/h3-9,15-16,18H,1-2H3,(H,23,32). The van der Waals surface area contributed by atoms with E-state index in [0.717, 1.165) is 20.4 Å². The molecule has 174 valence electrons. The van der Waals surface area contributed by atoms with Crippen LogP contribution in [0.25, 0.3) is 0 Å². The number of aromatic amines is 1. The summed E-state index contributed by atoms with van der Waals surface area (Å²) < 4.78 is 11.4. The average molecular weight is 516 g/mol. The number of carbonyl (C=O) groups is 2. The number of H-pyrrole nitrogens is 1. The first-order chi connectivity index (χ1) is 16.3. The van der Waals surface area contributed by atoms with Crippen LogP contribution in [0.4, 0.5) is 11.4 Å².